The molecular formula is C9H15NO4. The number of carbonyl (C=O) groups excluding carboxylic acids is 1. The molecule has 80 valence electrons. The van der Waals surface area contributed by atoms with Gasteiger partial charge in [-0.15, -0.1) is 0 Å². The number of carbonyl (C=O) groups is 1. The second kappa shape index (κ2) is 4.61. The Hall–Kier alpha value is -0.810. The molecule has 0 aromatic heterocycles. The van der Waals surface area contributed by atoms with Gasteiger partial charge >= 0.3 is 6.09 Å². The first-order chi connectivity index (χ1) is 6.84. The third-order valence-corrected chi connectivity index (χ3v) is 2.36. The molecule has 0 aromatic rings. The van der Waals surface area contributed by atoms with Crippen molar-refractivity contribution >= 4 is 6.09 Å². The first-order valence-electron chi connectivity index (χ1n) is 5.01. The Kier molecular flexibility index (Phi) is 3.21. The van der Waals surface area contributed by atoms with Gasteiger partial charge in [-0.2, -0.15) is 0 Å². The zero-order valence-corrected chi connectivity index (χ0v) is 8.03. The lowest BCUT2D eigenvalue weighted by atomic mass is 10.2. The van der Waals surface area contributed by atoms with E-state index in [-0.39, 0.29) is 18.4 Å². The maximum absolute atomic E-state index is 10.7. The molecule has 0 saturated carbocycles. The summed E-state index contributed by atoms with van der Waals surface area (Å²) in [7, 11) is 0. The predicted molar refractivity (Wildman–Crippen MR) is 47.8 cm³/mol. The van der Waals surface area contributed by atoms with E-state index in [4.69, 9.17) is 14.2 Å². The molecule has 2 fully saturated rings. The van der Waals surface area contributed by atoms with Crippen LogP contribution in [-0.4, -0.2) is 38.2 Å². The van der Waals surface area contributed by atoms with Crippen molar-refractivity contribution in [3.05, 3.63) is 0 Å². The molecule has 2 saturated heterocycles. The molecule has 2 atom stereocenters. The van der Waals surface area contributed by atoms with E-state index in [2.05, 4.69) is 5.32 Å². The van der Waals surface area contributed by atoms with Gasteiger partial charge in [0.2, 0.25) is 0 Å². The summed E-state index contributed by atoms with van der Waals surface area (Å²) >= 11 is 0. The Morgan fingerprint density at radius 1 is 1.50 bits per heavy atom. The highest BCUT2D eigenvalue weighted by atomic mass is 16.7. The summed E-state index contributed by atoms with van der Waals surface area (Å²) < 4.78 is 15.6. The van der Waals surface area contributed by atoms with Crippen molar-refractivity contribution in [2.75, 3.05) is 19.8 Å². The Labute approximate surface area is 82.7 Å². The summed E-state index contributed by atoms with van der Waals surface area (Å²) in [6.07, 6.45) is 2.76. The molecule has 0 radical (unpaired) electrons. The number of cyclic esters (lactones) is 1. The van der Waals surface area contributed by atoms with E-state index in [1.54, 1.807) is 0 Å². The van der Waals surface area contributed by atoms with Gasteiger partial charge in [-0.05, 0) is 19.3 Å². The molecule has 0 aromatic carbocycles. The van der Waals surface area contributed by atoms with E-state index in [9.17, 15) is 4.79 Å². The lowest BCUT2D eigenvalue weighted by Gasteiger charge is -2.23. The summed E-state index contributed by atoms with van der Waals surface area (Å²) in [5.41, 5.74) is 0. The van der Waals surface area contributed by atoms with Crippen LogP contribution in [-0.2, 0) is 14.2 Å². The molecule has 2 heterocycles. The van der Waals surface area contributed by atoms with Crippen LogP contribution in [0.4, 0.5) is 4.79 Å². The van der Waals surface area contributed by atoms with Crippen LogP contribution < -0.4 is 5.32 Å². The van der Waals surface area contributed by atoms with Crippen molar-refractivity contribution in [3.63, 3.8) is 0 Å². The van der Waals surface area contributed by atoms with Crippen LogP contribution in [0.15, 0.2) is 0 Å². The molecule has 0 aliphatic carbocycles. The highest BCUT2D eigenvalue weighted by molar-refractivity contribution is 5.69. The molecule has 2 rings (SSSR count). The molecule has 0 bridgehead atoms. The summed E-state index contributed by atoms with van der Waals surface area (Å²) in [5.74, 6) is 0. The van der Waals surface area contributed by atoms with Crippen LogP contribution >= 0.6 is 0 Å². The maximum atomic E-state index is 10.7. The predicted octanol–water partition coefficient (Wildman–Crippen LogP) is 0.638. The van der Waals surface area contributed by atoms with E-state index in [1.807, 2.05) is 0 Å². The van der Waals surface area contributed by atoms with Gasteiger partial charge in [-0.3, -0.25) is 0 Å². The fourth-order valence-electron chi connectivity index (χ4n) is 1.58. The largest absolute Gasteiger partial charge is 0.447 e. The zero-order chi connectivity index (χ0) is 9.80. The number of hydrogen-bond acceptors (Lipinski definition) is 4. The SMILES string of the molecule is O=C1N[C@@H](CO[C@@H]2CCCCO2)CO1. The smallest absolute Gasteiger partial charge is 0.407 e. The fraction of sp³-hybridized carbons (Fsp3) is 0.889. The molecule has 1 N–H and O–H groups in total. The van der Waals surface area contributed by atoms with Crippen molar-refractivity contribution < 1.29 is 19.0 Å². The minimum absolute atomic E-state index is 0.0203. The molecule has 5 nitrogen and oxygen atoms in total. The molecule has 5 heteroatoms. The van der Waals surface area contributed by atoms with E-state index in [1.165, 1.54) is 0 Å². The number of nitrogens with one attached hydrogen (secondary N) is 1. The molecule has 1 amide bonds. The minimum Gasteiger partial charge on any atom is -0.447 e. The average Bonchev–Trinajstić information content (AvgIpc) is 2.63. The first-order valence-corrected chi connectivity index (χ1v) is 5.01. The van der Waals surface area contributed by atoms with E-state index >= 15 is 0 Å². The van der Waals surface area contributed by atoms with E-state index < -0.39 is 0 Å². The van der Waals surface area contributed by atoms with Crippen LogP contribution in [0.2, 0.25) is 0 Å². The van der Waals surface area contributed by atoms with Gasteiger partial charge in [0.25, 0.3) is 0 Å². The number of amides is 1. The van der Waals surface area contributed by atoms with Crippen LogP contribution in [0.25, 0.3) is 0 Å². The normalized spacial score (nSPS) is 32.4. The Bertz CT molecular complexity index is 203. The quantitative estimate of drug-likeness (QED) is 0.728. The van der Waals surface area contributed by atoms with Crippen molar-refractivity contribution in [3.8, 4) is 0 Å². The van der Waals surface area contributed by atoms with Gasteiger partial charge in [-0.1, -0.05) is 0 Å². The first kappa shape index (κ1) is 9.73. The van der Waals surface area contributed by atoms with Crippen LogP contribution in [0, 0.1) is 0 Å². The number of ether oxygens (including phenoxy) is 3. The summed E-state index contributed by atoms with van der Waals surface area (Å²) in [6.45, 7) is 1.64. The van der Waals surface area contributed by atoms with E-state index in [0.29, 0.717) is 13.2 Å². The minimum atomic E-state index is -0.358. The standard InChI is InChI=1S/C9H15NO4/c11-9-10-7(6-14-9)5-13-8-3-1-2-4-12-8/h7-8H,1-6H2,(H,10,11)/t7-,8+/m0/s1. The van der Waals surface area contributed by atoms with Gasteiger partial charge in [0, 0.05) is 6.61 Å². The highest BCUT2D eigenvalue weighted by Crippen LogP contribution is 2.14. The monoisotopic (exact) mass is 201 g/mol. The average molecular weight is 201 g/mol. The number of hydrogen-bond donors (Lipinski definition) is 1. The highest BCUT2D eigenvalue weighted by Gasteiger charge is 2.24. The van der Waals surface area contributed by atoms with Crippen molar-refractivity contribution in [1.29, 1.82) is 0 Å². The third-order valence-electron chi connectivity index (χ3n) is 2.36. The zero-order valence-electron chi connectivity index (χ0n) is 8.03. The molecular weight excluding hydrogens is 186 g/mol. The lowest BCUT2D eigenvalue weighted by molar-refractivity contribution is -0.165. The van der Waals surface area contributed by atoms with Crippen LogP contribution in [0.1, 0.15) is 19.3 Å². The van der Waals surface area contributed by atoms with Gasteiger partial charge in [-0.25, -0.2) is 4.79 Å². The van der Waals surface area contributed by atoms with Crippen LogP contribution in [0.3, 0.4) is 0 Å². The Balaban J connectivity index is 1.63. The topological polar surface area (TPSA) is 56.8 Å². The van der Waals surface area contributed by atoms with E-state index in [0.717, 1.165) is 25.9 Å². The summed E-state index contributed by atoms with van der Waals surface area (Å²) in [6, 6.07) is -0.0203. The fourth-order valence-corrected chi connectivity index (χ4v) is 1.58. The van der Waals surface area contributed by atoms with Crippen molar-refractivity contribution in [2.45, 2.75) is 31.6 Å². The Morgan fingerprint density at radius 2 is 2.43 bits per heavy atom. The molecule has 0 unspecified atom stereocenters. The van der Waals surface area contributed by atoms with Gasteiger partial charge in [0.15, 0.2) is 6.29 Å². The maximum Gasteiger partial charge on any atom is 0.407 e. The number of alkyl carbamates (subject to hydrolysis) is 1. The second-order valence-electron chi connectivity index (χ2n) is 3.57. The summed E-state index contributed by atoms with van der Waals surface area (Å²) in [5, 5.41) is 2.65. The third kappa shape index (κ3) is 2.59. The summed E-state index contributed by atoms with van der Waals surface area (Å²) in [4.78, 5) is 10.7. The van der Waals surface area contributed by atoms with Gasteiger partial charge < -0.3 is 19.5 Å². The molecule has 2 aliphatic heterocycles. The molecule has 0 spiro atoms. The molecule has 2 aliphatic rings. The van der Waals surface area contributed by atoms with Gasteiger partial charge in [0.1, 0.15) is 6.61 Å². The van der Waals surface area contributed by atoms with Crippen molar-refractivity contribution in [2.24, 2.45) is 0 Å². The van der Waals surface area contributed by atoms with Crippen LogP contribution in [0.5, 0.6) is 0 Å². The Morgan fingerprint density at radius 3 is 3.07 bits per heavy atom. The van der Waals surface area contributed by atoms with Gasteiger partial charge in [0.05, 0.1) is 12.6 Å². The second-order valence-corrected chi connectivity index (χ2v) is 3.57. The van der Waals surface area contributed by atoms with Crippen molar-refractivity contribution in [1.82, 2.24) is 5.32 Å². The number of rotatable bonds is 3. The molecule has 14 heavy (non-hydrogen) atoms. The lowest BCUT2D eigenvalue weighted by Crippen LogP contribution is -2.34.